The number of amides is 1. The molecule has 0 aromatic carbocycles. The highest BCUT2D eigenvalue weighted by molar-refractivity contribution is 8.17. The number of carbonyl (C=O) groups excluding carboxylic acids is 1. The van der Waals surface area contributed by atoms with Gasteiger partial charge in [-0.05, 0) is 76.6 Å². The highest BCUT2D eigenvalue weighted by atomic mass is 32.2. The van der Waals surface area contributed by atoms with E-state index in [1.54, 1.807) is 0 Å². The number of halogens is 1. The largest absolute Gasteiger partial charge is 0.374 e. The Labute approximate surface area is 242 Å². The van der Waals surface area contributed by atoms with E-state index in [0.29, 0.717) is 36.9 Å². The number of likely N-dealkylation sites (N-methyl/N-ethyl adjacent to an activating group) is 1. The van der Waals surface area contributed by atoms with Gasteiger partial charge in [0, 0.05) is 48.4 Å². The molecule has 3 heterocycles. The Hall–Kier alpha value is -2.23. The van der Waals surface area contributed by atoms with Gasteiger partial charge in [-0.1, -0.05) is 36.8 Å². The maximum atomic E-state index is 13.8. The van der Waals surface area contributed by atoms with Gasteiger partial charge in [0.1, 0.15) is 12.3 Å². The summed E-state index contributed by atoms with van der Waals surface area (Å²) in [6.45, 7) is 6.14. The highest BCUT2D eigenvalue weighted by Gasteiger charge is 2.40. The Balaban J connectivity index is 1.15. The molecular formula is C31H44FN5O2S. The lowest BCUT2D eigenvalue weighted by molar-refractivity contribution is -0.128. The Bertz CT molecular complexity index is 1100. The second-order valence-electron chi connectivity index (χ2n) is 11.7. The Kier molecular flexibility index (Phi) is 9.97. The SMILES string of the molecule is C/C=C\C1C=C(/C=C(\C)C2=CN(C)C(COC3CCCC3)N=C2)SC(NC(=O)C2CC(N3CCCC(F)C3)C2)=N1. The summed E-state index contributed by atoms with van der Waals surface area (Å²) in [4.78, 5) is 28.0. The van der Waals surface area contributed by atoms with Gasteiger partial charge in [-0.15, -0.1) is 0 Å². The molecule has 218 valence electrons. The number of hydrogen-bond donors (Lipinski definition) is 1. The van der Waals surface area contributed by atoms with Crippen LogP contribution < -0.4 is 5.32 Å². The molecule has 3 unspecified atom stereocenters. The van der Waals surface area contributed by atoms with E-state index in [1.165, 1.54) is 24.6 Å². The van der Waals surface area contributed by atoms with Crippen LogP contribution in [0.5, 0.6) is 0 Å². The maximum absolute atomic E-state index is 13.8. The van der Waals surface area contributed by atoms with Crippen LogP contribution in [0, 0.1) is 5.92 Å². The molecule has 40 heavy (non-hydrogen) atoms. The van der Waals surface area contributed by atoms with Gasteiger partial charge in [0.2, 0.25) is 5.91 Å². The van der Waals surface area contributed by atoms with Gasteiger partial charge in [0.25, 0.3) is 0 Å². The van der Waals surface area contributed by atoms with E-state index in [2.05, 4.69) is 47.4 Å². The molecule has 1 N–H and O–H groups in total. The minimum atomic E-state index is -0.729. The highest BCUT2D eigenvalue weighted by Crippen LogP contribution is 2.35. The number of ether oxygens (including phenoxy) is 1. The standard InChI is InChI=1S/C31H44FN5O2S/c1-4-8-25-16-28(13-21(2)23-17-33-29(36(3)18-23)20-39-27-10-5-6-11-27)40-31(34-25)35-30(38)22-14-26(15-22)37-12-7-9-24(32)19-37/h4,8,13,16-18,22,24-27,29H,5-7,9-12,14-15,19-20H2,1-3H3,(H,34,35,38)/b8-4-,21-13+. The first-order valence-electron chi connectivity index (χ1n) is 14.9. The minimum absolute atomic E-state index is 0.00728. The smallest absolute Gasteiger partial charge is 0.229 e. The van der Waals surface area contributed by atoms with Gasteiger partial charge in [-0.2, -0.15) is 0 Å². The fourth-order valence-electron chi connectivity index (χ4n) is 6.08. The molecule has 5 rings (SSSR count). The molecule has 2 saturated carbocycles. The number of hydrogen-bond acceptors (Lipinski definition) is 7. The maximum Gasteiger partial charge on any atom is 0.229 e. The fourth-order valence-corrected chi connectivity index (χ4v) is 7.08. The van der Waals surface area contributed by atoms with Crippen LogP contribution in [0.15, 0.2) is 56.5 Å². The van der Waals surface area contributed by atoms with Crippen molar-refractivity contribution in [3.63, 3.8) is 0 Å². The zero-order valence-electron chi connectivity index (χ0n) is 24.1. The number of carbonyl (C=O) groups is 1. The summed E-state index contributed by atoms with van der Waals surface area (Å²) in [6.07, 6.45) is 20.1. The predicted molar refractivity (Wildman–Crippen MR) is 162 cm³/mol. The van der Waals surface area contributed by atoms with E-state index in [-0.39, 0.29) is 24.0 Å². The molecule has 1 saturated heterocycles. The minimum Gasteiger partial charge on any atom is -0.374 e. The van der Waals surface area contributed by atoms with E-state index in [1.807, 2.05) is 25.3 Å². The van der Waals surface area contributed by atoms with Crippen LogP contribution in [0.1, 0.15) is 65.2 Å². The monoisotopic (exact) mass is 569 g/mol. The van der Waals surface area contributed by atoms with Gasteiger partial charge in [-0.25, -0.2) is 4.39 Å². The number of piperidine rings is 1. The molecule has 0 spiro atoms. The number of amidine groups is 1. The number of likely N-dealkylation sites (tertiary alicyclic amines) is 1. The van der Waals surface area contributed by atoms with Crippen molar-refractivity contribution in [3.05, 3.63) is 46.6 Å². The van der Waals surface area contributed by atoms with Crippen molar-refractivity contribution in [1.29, 1.82) is 0 Å². The first kappa shape index (κ1) is 29.3. The summed E-state index contributed by atoms with van der Waals surface area (Å²) >= 11 is 1.49. The average Bonchev–Trinajstić information content (AvgIpc) is 3.41. The molecule has 3 atom stereocenters. The molecule has 0 bridgehead atoms. The van der Waals surface area contributed by atoms with Gasteiger partial charge >= 0.3 is 0 Å². The molecule has 2 aliphatic carbocycles. The van der Waals surface area contributed by atoms with Crippen LogP contribution in [0.3, 0.4) is 0 Å². The second-order valence-corrected chi connectivity index (χ2v) is 12.8. The molecular weight excluding hydrogens is 525 g/mol. The summed E-state index contributed by atoms with van der Waals surface area (Å²) in [5.74, 6) is -0.0167. The van der Waals surface area contributed by atoms with E-state index >= 15 is 0 Å². The number of nitrogens with zero attached hydrogens (tertiary/aromatic N) is 4. The lowest BCUT2D eigenvalue weighted by Crippen LogP contribution is -2.53. The third kappa shape index (κ3) is 7.53. The number of nitrogens with one attached hydrogen (secondary N) is 1. The molecule has 3 aliphatic heterocycles. The van der Waals surface area contributed by atoms with E-state index < -0.39 is 6.17 Å². The molecule has 5 aliphatic rings. The molecule has 1 amide bonds. The van der Waals surface area contributed by atoms with Gasteiger partial charge in [0.05, 0.1) is 18.8 Å². The number of alkyl halides is 1. The molecule has 0 aromatic rings. The third-order valence-corrected chi connectivity index (χ3v) is 9.52. The first-order valence-corrected chi connectivity index (χ1v) is 15.8. The van der Waals surface area contributed by atoms with E-state index in [0.717, 1.165) is 54.7 Å². The summed E-state index contributed by atoms with van der Waals surface area (Å²) in [6, 6.07) is 0.197. The fraction of sp³-hybridized carbons (Fsp3) is 0.645. The van der Waals surface area contributed by atoms with Crippen molar-refractivity contribution in [3.8, 4) is 0 Å². The second kappa shape index (κ2) is 13.6. The van der Waals surface area contributed by atoms with Crippen LogP contribution in [-0.4, -0.2) is 84.4 Å². The Morgan fingerprint density at radius 2 is 2.05 bits per heavy atom. The van der Waals surface area contributed by atoms with Crippen LogP contribution >= 0.6 is 11.8 Å². The molecule has 9 heteroatoms. The zero-order valence-corrected chi connectivity index (χ0v) is 24.9. The van der Waals surface area contributed by atoms with Crippen LogP contribution in [-0.2, 0) is 9.53 Å². The number of aliphatic imine (C=N–C) groups is 2. The van der Waals surface area contributed by atoms with Crippen LogP contribution in [0.4, 0.5) is 4.39 Å². The van der Waals surface area contributed by atoms with Crippen molar-refractivity contribution in [2.24, 2.45) is 15.9 Å². The quantitative estimate of drug-likeness (QED) is 0.398. The topological polar surface area (TPSA) is 69.5 Å². The number of rotatable bonds is 8. The van der Waals surface area contributed by atoms with E-state index in [4.69, 9.17) is 14.7 Å². The summed E-state index contributed by atoms with van der Waals surface area (Å²) in [5, 5.41) is 3.72. The van der Waals surface area contributed by atoms with Crippen molar-refractivity contribution >= 4 is 29.1 Å². The third-order valence-electron chi connectivity index (χ3n) is 8.63. The summed E-state index contributed by atoms with van der Waals surface area (Å²) in [5.41, 5.74) is 2.16. The average molecular weight is 570 g/mol. The van der Waals surface area contributed by atoms with Gasteiger partial charge in [-0.3, -0.25) is 19.7 Å². The number of allylic oxidation sites excluding steroid dienone is 4. The van der Waals surface area contributed by atoms with Gasteiger partial charge in [0.15, 0.2) is 5.17 Å². The van der Waals surface area contributed by atoms with Crippen molar-refractivity contribution in [2.45, 2.75) is 95.7 Å². The molecule has 0 aromatic heterocycles. The zero-order chi connectivity index (χ0) is 28.1. The molecule has 3 fully saturated rings. The Morgan fingerprint density at radius 1 is 1.25 bits per heavy atom. The summed E-state index contributed by atoms with van der Waals surface area (Å²) < 4.78 is 19.9. The van der Waals surface area contributed by atoms with Crippen LogP contribution in [0.2, 0.25) is 0 Å². The van der Waals surface area contributed by atoms with Crippen molar-refractivity contribution < 1.29 is 13.9 Å². The van der Waals surface area contributed by atoms with Gasteiger partial charge < -0.3 is 15.0 Å². The van der Waals surface area contributed by atoms with E-state index in [9.17, 15) is 9.18 Å². The lowest BCUT2D eigenvalue weighted by Gasteiger charge is -2.44. The van der Waals surface area contributed by atoms with Crippen molar-refractivity contribution in [1.82, 2.24) is 15.1 Å². The lowest BCUT2D eigenvalue weighted by atomic mass is 9.78. The Morgan fingerprint density at radius 3 is 2.77 bits per heavy atom. The normalized spacial score (nSPS) is 32.1. The van der Waals surface area contributed by atoms with Crippen molar-refractivity contribution in [2.75, 3.05) is 26.7 Å². The predicted octanol–water partition coefficient (Wildman–Crippen LogP) is 5.38. The molecule has 0 radical (unpaired) electrons. The summed E-state index contributed by atoms with van der Waals surface area (Å²) in [7, 11) is 2.05. The van der Waals surface area contributed by atoms with Crippen LogP contribution in [0.25, 0.3) is 0 Å². The number of thioether (sulfide) groups is 1. The molecule has 7 nitrogen and oxygen atoms in total. The first-order chi connectivity index (χ1) is 19.4.